The minimum absolute atomic E-state index is 1.25. The third-order valence-electron chi connectivity index (χ3n) is 2.58. The highest BCUT2D eigenvalue weighted by Crippen LogP contribution is 2.19. The summed E-state index contributed by atoms with van der Waals surface area (Å²) in [5.41, 5.74) is 2.81. The second-order valence-electron chi connectivity index (χ2n) is 6.62. The van der Waals surface area contributed by atoms with Gasteiger partial charge in [0, 0.05) is 5.69 Å². The van der Waals surface area contributed by atoms with E-state index in [0.717, 1.165) is 0 Å². The molecule has 0 fully saturated rings. The Morgan fingerprint density at radius 1 is 0.938 bits per heavy atom. The highest BCUT2D eigenvalue weighted by molar-refractivity contribution is 6.90. The zero-order chi connectivity index (χ0) is 12.6. The van der Waals surface area contributed by atoms with Crippen molar-refractivity contribution in [2.24, 2.45) is 0 Å². The third kappa shape index (κ3) is 3.49. The summed E-state index contributed by atoms with van der Waals surface area (Å²) < 4.78 is 0. The van der Waals surface area contributed by atoms with Crippen LogP contribution in [0, 0.1) is 6.92 Å². The van der Waals surface area contributed by atoms with Gasteiger partial charge in [-0.05, 0) is 17.7 Å². The Balaban J connectivity index is 3.25. The molecule has 1 nitrogen and oxygen atoms in total. The number of hydrogen-bond acceptors (Lipinski definition) is 1. The van der Waals surface area contributed by atoms with Crippen molar-refractivity contribution in [3.8, 4) is 0 Å². The van der Waals surface area contributed by atoms with E-state index in [0.29, 0.717) is 0 Å². The lowest BCUT2D eigenvalue weighted by Crippen LogP contribution is -2.43. The first-order valence-corrected chi connectivity index (χ1v) is 13.0. The number of benzene rings is 1. The van der Waals surface area contributed by atoms with E-state index in [1.807, 2.05) is 0 Å². The summed E-state index contributed by atoms with van der Waals surface area (Å²) in [5.74, 6) is 0. The Bertz CT molecular complexity index is 372. The largest absolute Gasteiger partial charge is 0.411 e. The van der Waals surface area contributed by atoms with Crippen LogP contribution >= 0.6 is 0 Å². The molecule has 0 bridgehead atoms. The molecule has 90 valence electrons. The predicted molar refractivity (Wildman–Crippen MR) is 81.1 cm³/mol. The van der Waals surface area contributed by atoms with Crippen LogP contribution in [0.3, 0.4) is 0 Å². The van der Waals surface area contributed by atoms with Crippen LogP contribution in [0.25, 0.3) is 0 Å². The Morgan fingerprint density at radius 2 is 1.50 bits per heavy atom. The lowest BCUT2D eigenvalue weighted by Gasteiger charge is -2.28. The minimum Gasteiger partial charge on any atom is -0.411 e. The molecule has 0 heterocycles. The molecule has 1 aromatic carbocycles. The van der Waals surface area contributed by atoms with E-state index in [-0.39, 0.29) is 0 Å². The maximum absolute atomic E-state index is 3.80. The first-order valence-electron chi connectivity index (χ1n) is 5.99. The summed E-state index contributed by atoms with van der Waals surface area (Å²) in [4.78, 5) is 3.80. The van der Waals surface area contributed by atoms with Gasteiger partial charge in [0.15, 0.2) is 0 Å². The van der Waals surface area contributed by atoms with Crippen molar-refractivity contribution >= 4 is 27.2 Å². The lowest BCUT2D eigenvalue weighted by molar-refractivity contribution is 1.45. The Labute approximate surface area is 102 Å². The molecule has 0 radical (unpaired) electrons. The van der Waals surface area contributed by atoms with Gasteiger partial charge in [0.1, 0.15) is 8.24 Å². The molecule has 3 heteroatoms. The molecule has 0 saturated heterocycles. The molecular formula is C13H25NSi2. The van der Waals surface area contributed by atoms with E-state index in [1.54, 1.807) is 5.19 Å². The van der Waals surface area contributed by atoms with Gasteiger partial charge in [0.2, 0.25) is 0 Å². The van der Waals surface area contributed by atoms with Gasteiger partial charge in [-0.2, -0.15) is 0 Å². The standard InChI is InChI=1S/C13H25NSi2/c1-11-9-8-10-12(15(2,3)4)13(11)14-16(5,6)7/h8-10,14H,1-7H3. The number of rotatable bonds is 3. The van der Waals surface area contributed by atoms with Crippen LogP contribution in [0.4, 0.5) is 5.69 Å². The van der Waals surface area contributed by atoms with Gasteiger partial charge < -0.3 is 4.98 Å². The minimum atomic E-state index is -1.27. The van der Waals surface area contributed by atoms with Gasteiger partial charge in [0.05, 0.1) is 8.07 Å². The monoisotopic (exact) mass is 251 g/mol. The average Bonchev–Trinajstić information content (AvgIpc) is 2.04. The summed E-state index contributed by atoms with van der Waals surface area (Å²) in [6.07, 6.45) is 0. The Kier molecular flexibility index (Phi) is 3.70. The molecule has 0 saturated carbocycles. The van der Waals surface area contributed by atoms with Gasteiger partial charge in [-0.15, -0.1) is 0 Å². The Hall–Kier alpha value is -0.546. The van der Waals surface area contributed by atoms with Crippen molar-refractivity contribution in [3.05, 3.63) is 23.8 Å². The number of aryl methyl sites for hydroxylation is 1. The SMILES string of the molecule is Cc1cccc([Si](C)(C)C)c1N[Si](C)(C)C. The zero-order valence-corrected chi connectivity index (χ0v) is 13.7. The second-order valence-corrected chi connectivity index (χ2v) is 16.4. The molecule has 1 rings (SSSR count). The summed E-state index contributed by atoms with van der Waals surface area (Å²) in [5, 5.41) is 1.56. The number of anilines is 1. The third-order valence-corrected chi connectivity index (χ3v) is 5.61. The number of hydrogen-bond donors (Lipinski definition) is 1. The number of para-hydroxylation sites is 1. The summed E-state index contributed by atoms with van der Waals surface area (Å²) in [6, 6.07) is 6.71. The zero-order valence-electron chi connectivity index (χ0n) is 11.7. The van der Waals surface area contributed by atoms with Crippen LogP contribution < -0.4 is 10.2 Å². The molecule has 1 N–H and O–H groups in total. The second kappa shape index (κ2) is 4.37. The molecule has 0 atom stereocenters. The van der Waals surface area contributed by atoms with Crippen molar-refractivity contribution in [3.63, 3.8) is 0 Å². The fraction of sp³-hybridized carbons (Fsp3) is 0.538. The van der Waals surface area contributed by atoms with E-state index >= 15 is 0 Å². The fourth-order valence-electron chi connectivity index (χ4n) is 1.83. The maximum atomic E-state index is 3.80. The highest BCUT2D eigenvalue weighted by Gasteiger charge is 2.23. The Morgan fingerprint density at radius 3 is 1.94 bits per heavy atom. The molecule has 16 heavy (non-hydrogen) atoms. The van der Waals surface area contributed by atoms with Gasteiger partial charge in [-0.1, -0.05) is 57.5 Å². The van der Waals surface area contributed by atoms with Gasteiger partial charge in [-0.25, -0.2) is 0 Å². The first kappa shape index (κ1) is 13.5. The van der Waals surface area contributed by atoms with Gasteiger partial charge in [0.25, 0.3) is 0 Å². The predicted octanol–water partition coefficient (Wildman–Crippen LogP) is 3.79. The van der Waals surface area contributed by atoms with Crippen LogP contribution in [0.5, 0.6) is 0 Å². The fourth-order valence-corrected chi connectivity index (χ4v) is 4.65. The van der Waals surface area contributed by atoms with E-state index < -0.39 is 16.3 Å². The highest BCUT2D eigenvalue weighted by atomic mass is 28.3. The van der Waals surface area contributed by atoms with Crippen LogP contribution in [0.15, 0.2) is 18.2 Å². The van der Waals surface area contributed by atoms with Crippen molar-refractivity contribution < 1.29 is 0 Å². The molecule has 0 aliphatic rings. The average molecular weight is 252 g/mol. The molecule has 0 aliphatic heterocycles. The molecule has 0 aliphatic carbocycles. The van der Waals surface area contributed by atoms with E-state index in [2.05, 4.69) is 69.4 Å². The molecule has 0 unspecified atom stereocenters. The molecular weight excluding hydrogens is 226 g/mol. The summed E-state index contributed by atoms with van der Waals surface area (Å²) in [7, 11) is -2.52. The van der Waals surface area contributed by atoms with Crippen molar-refractivity contribution in [1.82, 2.24) is 0 Å². The molecule has 1 aromatic rings. The normalized spacial score (nSPS) is 12.7. The molecule has 0 aromatic heterocycles. The summed E-state index contributed by atoms with van der Waals surface area (Å²) >= 11 is 0. The van der Waals surface area contributed by atoms with Gasteiger partial charge in [-0.3, -0.25) is 0 Å². The quantitative estimate of drug-likeness (QED) is 0.806. The van der Waals surface area contributed by atoms with E-state index in [4.69, 9.17) is 0 Å². The van der Waals surface area contributed by atoms with Crippen LogP contribution in [-0.4, -0.2) is 16.3 Å². The van der Waals surface area contributed by atoms with Crippen LogP contribution in [-0.2, 0) is 0 Å². The van der Waals surface area contributed by atoms with Crippen molar-refractivity contribution in [2.75, 3.05) is 4.98 Å². The van der Waals surface area contributed by atoms with Crippen LogP contribution in [0.1, 0.15) is 5.56 Å². The van der Waals surface area contributed by atoms with Crippen LogP contribution in [0.2, 0.25) is 39.3 Å². The first-order chi connectivity index (χ1) is 7.11. The smallest absolute Gasteiger partial charge is 0.144 e. The van der Waals surface area contributed by atoms with E-state index in [9.17, 15) is 0 Å². The number of nitrogens with one attached hydrogen (secondary N) is 1. The maximum Gasteiger partial charge on any atom is 0.144 e. The summed E-state index contributed by atoms with van der Waals surface area (Å²) in [6.45, 7) is 16.5. The topological polar surface area (TPSA) is 12.0 Å². The van der Waals surface area contributed by atoms with E-state index in [1.165, 1.54) is 11.3 Å². The molecule has 0 spiro atoms. The van der Waals surface area contributed by atoms with Gasteiger partial charge >= 0.3 is 0 Å². The lowest BCUT2D eigenvalue weighted by atomic mass is 10.2. The van der Waals surface area contributed by atoms with Crippen molar-refractivity contribution in [2.45, 2.75) is 46.2 Å². The van der Waals surface area contributed by atoms with Crippen molar-refractivity contribution in [1.29, 1.82) is 0 Å². The molecule has 0 amide bonds.